The summed E-state index contributed by atoms with van der Waals surface area (Å²) in [6, 6.07) is 9.76. The van der Waals surface area contributed by atoms with Gasteiger partial charge in [-0.2, -0.15) is 0 Å². The molecule has 2 aliphatic heterocycles. The number of rotatable bonds is 2. The first-order chi connectivity index (χ1) is 10.8. The van der Waals surface area contributed by atoms with Crippen LogP contribution in [0.5, 0.6) is 0 Å². The first-order valence-corrected chi connectivity index (χ1v) is 7.80. The molecule has 5 nitrogen and oxygen atoms in total. The van der Waals surface area contributed by atoms with Crippen LogP contribution in [0, 0.1) is 0 Å². The summed E-state index contributed by atoms with van der Waals surface area (Å²) in [7, 11) is 0. The summed E-state index contributed by atoms with van der Waals surface area (Å²) in [5.41, 5.74) is 2.44. The van der Waals surface area contributed by atoms with Crippen LogP contribution in [0.4, 0.5) is 11.5 Å². The normalized spacial score (nSPS) is 17.7. The molecule has 0 atom stereocenters. The van der Waals surface area contributed by atoms with E-state index in [0.717, 1.165) is 30.2 Å². The summed E-state index contributed by atoms with van der Waals surface area (Å²) in [5.74, 6) is 0.915. The van der Waals surface area contributed by atoms with Gasteiger partial charge in [0.1, 0.15) is 17.8 Å². The molecule has 1 aromatic heterocycles. The van der Waals surface area contributed by atoms with Crippen LogP contribution in [0.3, 0.4) is 0 Å². The molecule has 1 saturated heterocycles. The number of hydrogen-bond acceptors (Lipinski definition) is 4. The molecule has 22 heavy (non-hydrogen) atoms. The van der Waals surface area contributed by atoms with Crippen LogP contribution in [0.2, 0.25) is 0 Å². The number of fused-ring (bicyclic) bond motifs is 1. The summed E-state index contributed by atoms with van der Waals surface area (Å²) in [6.07, 6.45) is 5.18. The third kappa shape index (κ3) is 2.13. The molecule has 0 N–H and O–H groups in total. The molecular formula is C17H18N4O. The van der Waals surface area contributed by atoms with Crippen molar-refractivity contribution in [2.75, 3.05) is 22.9 Å². The molecule has 4 rings (SSSR count). The van der Waals surface area contributed by atoms with E-state index in [0.29, 0.717) is 12.2 Å². The van der Waals surface area contributed by atoms with Gasteiger partial charge in [0, 0.05) is 24.3 Å². The maximum Gasteiger partial charge on any atom is 0.277 e. The quantitative estimate of drug-likeness (QED) is 0.854. The lowest BCUT2D eigenvalue weighted by atomic mass is 10.1. The van der Waals surface area contributed by atoms with Crippen molar-refractivity contribution in [3.05, 3.63) is 47.9 Å². The van der Waals surface area contributed by atoms with Crippen molar-refractivity contribution in [2.24, 2.45) is 0 Å². The van der Waals surface area contributed by atoms with E-state index in [4.69, 9.17) is 0 Å². The molecule has 0 saturated carbocycles. The highest BCUT2D eigenvalue weighted by atomic mass is 16.2. The molecule has 3 heterocycles. The Labute approximate surface area is 129 Å². The van der Waals surface area contributed by atoms with Gasteiger partial charge in [-0.1, -0.05) is 18.2 Å². The summed E-state index contributed by atoms with van der Waals surface area (Å²) in [5, 5.41) is 0. The molecule has 2 aliphatic rings. The number of anilines is 2. The second kappa shape index (κ2) is 5.40. The van der Waals surface area contributed by atoms with Crippen LogP contribution in [-0.4, -0.2) is 29.0 Å². The highest BCUT2D eigenvalue weighted by Gasteiger charge is 2.34. The van der Waals surface area contributed by atoms with Crippen molar-refractivity contribution in [3.63, 3.8) is 0 Å². The van der Waals surface area contributed by atoms with Crippen LogP contribution in [0.1, 0.15) is 35.3 Å². The molecule has 0 radical (unpaired) electrons. The van der Waals surface area contributed by atoms with Gasteiger partial charge in [0.05, 0.1) is 6.54 Å². The summed E-state index contributed by atoms with van der Waals surface area (Å²) < 4.78 is 0. The number of carbonyl (C=O) groups excluding carboxylic acids is 1. The molecular weight excluding hydrogens is 276 g/mol. The SMILES string of the molecule is O=C1c2ncnc(N3CCCCC3)c2CN1c1ccccc1. The Hall–Kier alpha value is -2.43. The standard InChI is InChI=1S/C17H18N4O/c22-17-15-14(11-21(17)13-7-3-1-4-8-13)16(19-12-18-15)20-9-5-2-6-10-20/h1,3-4,7-8,12H,2,5-6,9-11H2. The number of piperidine rings is 1. The molecule has 0 spiro atoms. The van der Waals surface area contributed by atoms with E-state index in [9.17, 15) is 4.79 Å². The fraction of sp³-hybridized carbons (Fsp3) is 0.353. The van der Waals surface area contributed by atoms with Crippen molar-refractivity contribution in [1.29, 1.82) is 0 Å². The van der Waals surface area contributed by atoms with Crippen molar-refractivity contribution >= 4 is 17.4 Å². The van der Waals surface area contributed by atoms with Crippen LogP contribution < -0.4 is 9.80 Å². The summed E-state index contributed by atoms with van der Waals surface area (Å²) in [4.78, 5) is 25.4. The Bertz CT molecular complexity index is 695. The minimum Gasteiger partial charge on any atom is -0.356 e. The maximum atomic E-state index is 12.6. The van der Waals surface area contributed by atoms with Crippen LogP contribution in [0.15, 0.2) is 36.7 Å². The average molecular weight is 294 g/mol. The van der Waals surface area contributed by atoms with Gasteiger partial charge in [-0.25, -0.2) is 9.97 Å². The zero-order chi connectivity index (χ0) is 14.9. The molecule has 112 valence electrons. The fourth-order valence-corrected chi connectivity index (χ4v) is 3.29. The van der Waals surface area contributed by atoms with Crippen LogP contribution in [0.25, 0.3) is 0 Å². The highest BCUT2D eigenvalue weighted by Crippen LogP contribution is 2.32. The number of carbonyl (C=O) groups is 1. The molecule has 1 aromatic carbocycles. The molecule has 0 bridgehead atoms. The zero-order valence-electron chi connectivity index (χ0n) is 12.4. The predicted octanol–water partition coefficient (Wildman–Crippen LogP) is 2.63. The first kappa shape index (κ1) is 13.2. The number of benzene rings is 1. The minimum atomic E-state index is -0.0261. The Balaban J connectivity index is 1.70. The van der Waals surface area contributed by atoms with Gasteiger partial charge in [-0.05, 0) is 31.4 Å². The molecule has 0 unspecified atom stereocenters. The monoisotopic (exact) mass is 294 g/mol. The average Bonchev–Trinajstić information content (AvgIpc) is 2.94. The van der Waals surface area contributed by atoms with Gasteiger partial charge in [-0.15, -0.1) is 0 Å². The van der Waals surface area contributed by atoms with E-state index >= 15 is 0 Å². The Kier molecular flexibility index (Phi) is 3.25. The minimum absolute atomic E-state index is 0.0261. The third-order valence-corrected chi connectivity index (χ3v) is 4.41. The van der Waals surface area contributed by atoms with Crippen molar-refractivity contribution in [1.82, 2.24) is 9.97 Å². The van der Waals surface area contributed by atoms with Gasteiger partial charge in [0.15, 0.2) is 0 Å². The summed E-state index contributed by atoms with van der Waals surface area (Å²) >= 11 is 0. The molecule has 1 fully saturated rings. The molecule has 2 aromatic rings. The molecule has 5 heteroatoms. The van der Waals surface area contributed by atoms with Crippen molar-refractivity contribution in [3.8, 4) is 0 Å². The largest absolute Gasteiger partial charge is 0.356 e. The topological polar surface area (TPSA) is 49.3 Å². The van der Waals surface area contributed by atoms with Gasteiger partial charge < -0.3 is 9.80 Å². The number of hydrogen-bond donors (Lipinski definition) is 0. The van der Waals surface area contributed by atoms with Crippen molar-refractivity contribution in [2.45, 2.75) is 25.8 Å². The lowest BCUT2D eigenvalue weighted by molar-refractivity contribution is 0.0992. The van der Waals surface area contributed by atoms with E-state index in [1.807, 2.05) is 30.3 Å². The van der Waals surface area contributed by atoms with E-state index in [1.54, 1.807) is 4.90 Å². The van der Waals surface area contributed by atoms with E-state index in [1.165, 1.54) is 25.6 Å². The lowest BCUT2D eigenvalue weighted by Crippen LogP contribution is -2.31. The van der Waals surface area contributed by atoms with Crippen LogP contribution >= 0.6 is 0 Å². The fourth-order valence-electron chi connectivity index (χ4n) is 3.29. The predicted molar refractivity (Wildman–Crippen MR) is 85.1 cm³/mol. The number of aromatic nitrogens is 2. The summed E-state index contributed by atoms with van der Waals surface area (Å²) in [6.45, 7) is 2.59. The number of amides is 1. The second-order valence-corrected chi connectivity index (χ2v) is 5.80. The second-order valence-electron chi connectivity index (χ2n) is 5.80. The molecule has 1 amide bonds. The van der Waals surface area contributed by atoms with Crippen molar-refractivity contribution < 1.29 is 4.79 Å². The zero-order valence-corrected chi connectivity index (χ0v) is 12.4. The van der Waals surface area contributed by atoms with Crippen LogP contribution in [-0.2, 0) is 6.54 Å². The lowest BCUT2D eigenvalue weighted by Gasteiger charge is -2.28. The van der Waals surface area contributed by atoms with E-state index in [2.05, 4.69) is 14.9 Å². The van der Waals surface area contributed by atoms with Gasteiger partial charge in [-0.3, -0.25) is 4.79 Å². The maximum absolute atomic E-state index is 12.6. The first-order valence-electron chi connectivity index (χ1n) is 7.80. The smallest absolute Gasteiger partial charge is 0.277 e. The highest BCUT2D eigenvalue weighted by molar-refractivity contribution is 6.09. The van der Waals surface area contributed by atoms with Gasteiger partial charge in [0.25, 0.3) is 5.91 Å². The van der Waals surface area contributed by atoms with E-state index in [-0.39, 0.29) is 5.91 Å². The Morgan fingerprint density at radius 2 is 1.73 bits per heavy atom. The Morgan fingerprint density at radius 1 is 0.955 bits per heavy atom. The molecule has 0 aliphatic carbocycles. The van der Waals surface area contributed by atoms with E-state index < -0.39 is 0 Å². The van der Waals surface area contributed by atoms with Gasteiger partial charge >= 0.3 is 0 Å². The van der Waals surface area contributed by atoms with Gasteiger partial charge in [0.2, 0.25) is 0 Å². The Morgan fingerprint density at radius 3 is 2.50 bits per heavy atom. The number of nitrogens with zero attached hydrogens (tertiary/aromatic N) is 4. The third-order valence-electron chi connectivity index (χ3n) is 4.41. The number of para-hydroxylation sites is 1.